The van der Waals surface area contributed by atoms with E-state index in [1.54, 1.807) is 12.3 Å². The number of benzene rings is 1. The Morgan fingerprint density at radius 1 is 1.44 bits per heavy atom. The summed E-state index contributed by atoms with van der Waals surface area (Å²) in [4.78, 5) is 14.9. The molecule has 2 aromatic rings. The number of carbonyl (C=O) groups excluding carboxylic acids is 1. The Kier molecular flexibility index (Phi) is 3.06. The minimum absolute atomic E-state index is 0.260. The number of esters is 1. The highest BCUT2D eigenvalue weighted by atomic mass is 35.5. The van der Waals surface area contributed by atoms with Crippen molar-refractivity contribution < 1.29 is 9.53 Å². The molecular formula is C12H10ClNO2. The summed E-state index contributed by atoms with van der Waals surface area (Å²) in [5.74, 6) is -0.294. The minimum Gasteiger partial charge on any atom is -0.461 e. The number of fused-ring (bicyclic) bond motifs is 1. The Bertz CT molecular complexity index is 540. The quantitative estimate of drug-likeness (QED) is 0.752. The highest BCUT2D eigenvalue weighted by Gasteiger charge is 2.02. The van der Waals surface area contributed by atoms with E-state index < -0.39 is 0 Å². The van der Waals surface area contributed by atoms with Crippen molar-refractivity contribution in [3.05, 3.63) is 41.0 Å². The molecule has 2 rings (SSSR count). The smallest absolute Gasteiger partial charge is 0.302 e. The lowest BCUT2D eigenvalue weighted by atomic mass is 10.1. The van der Waals surface area contributed by atoms with Crippen LogP contribution in [0.1, 0.15) is 12.5 Å². The van der Waals surface area contributed by atoms with Gasteiger partial charge in [0.1, 0.15) is 6.61 Å². The Morgan fingerprint density at radius 2 is 2.25 bits per heavy atom. The van der Waals surface area contributed by atoms with Crippen molar-refractivity contribution in [2.24, 2.45) is 0 Å². The molecule has 0 N–H and O–H groups in total. The highest BCUT2D eigenvalue weighted by molar-refractivity contribution is 6.35. The van der Waals surface area contributed by atoms with E-state index in [0.29, 0.717) is 5.02 Å². The summed E-state index contributed by atoms with van der Waals surface area (Å²) in [5.41, 5.74) is 1.73. The Labute approximate surface area is 98.0 Å². The first-order valence-corrected chi connectivity index (χ1v) is 5.21. The summed E-state index contributed by atoms with van der Waals surface area (Å²) in [6, 6.07) is 7.35. The topological polar surface area (TPSA) is 39.2 Å². The van der Waals surface area contributed by atoms with Gasteiger partial charge in [0.05, 0.1) is 10.5 Å². The predicted molar refractivity (Wildman–Crippen MR) is 62.2 cm³/mol. The maximum Gasteiger partial charge on any atom is 0.302 e. The number of rotatable bonds is 2. The monoisotopic (exact) mass is 235 g/mol. The summed E-state index contributed by atoms with van der Waals surface area (Å²) < 4.78 is 4.91. The summed E-state index contributed by atoms with van der Waals surface area (Å²) in [7, 11) is 0. The number of halogens is 1. The number of pyridine rings is 1. The first-order chi connectivity index (χ1) is 7.66. The normalized spacial score (nSPS) is 10.4. The third kappa shape index (κ3) is 2.31. The van der Waals surface area contributed by atoms with Crippen molar-refractivity contribution in [2.45, 2.75) is 13.5 Å². The molecule has 0 radical (unpaired) electrons. The van der Waals surface area contributed by atoms with Gasteiger partial charge in [-0.1, -0.05) is 17.7 Å². The number of aromatic nitrogens is 1. The lowest BCUT2D eigenvalue weighted by Gasteiger charge is -2.04. The van der Waals surface area contributed by atoms with Gasteiger partial charge in [-0.05, 0) is 23.8 Å². The van der Waals surface area contributed by atoms with E-state index in [0.717, 1.165) is 16.5 Å². The third-order valence-electron chi connectivity index (χ3n) is 2.19. The molecule has 4 heteroatoms. The standard InChI is InChI=1S/C12H10ClNO2/c1-8(15)16-7-9-2-3-12-10(6-9)11(13)4-5-14-12/h2-6H,7H2,1H3. The summed E-state index contributed by atoms with van der Waals surface area (Å²) >= 11 is 6.04. The van der Waals surface area contributed by atoms with Crippen molar-refractivity contribution >= 4 is 28.5 Å². The molecule has 0 spiro atoms. The van der Waals surface area contributed by atoms with Gasteiger partial charge in [0, 0.05) is 18.5 Å². The lowest BCUT2D eigenvalue weighted by molar-refractivity contribution is -0.142. The SMILES string of the molecule is CC(=O)OCc1ccc2nccc(Cl)c2c1. The number of hydrogen-bond donors (Lipinski definition) is 0. The van der Waals surface area contributed by atoms with Crippen LogP contribution >= 0.6 is 11.6 Å². The molecule has 3 nitrogen and oxygen atoms in total. The summed E-state index contributed by atoms with van der Waals surface area (Å²) in [5, 5.41) is 1.52. The van der Waals surface area contributed by atoms with Gasteiger partial charge in [-0.15, -0.1) is 0 Å². The molecule has 0 aliphatic carbocycles. The van der Waals surface area contributed by atoms with Gasteiger partial charge in [0.15, 0.2) is 0 Å². The number of carbonyl (C=O) groups is 1. The average Bonchev–Trinajstić information content (AvgIpc) is 2.27. The molecule has 0 saturated carbocycles. The van der Waals surface area contributed by atoms with Crippen LogP contribution in [0.15, 0.2) is 30.5 Å². The molecule has 0 amide bonds. The number of ether oxygens (including phenoxy) is 1. The van der Waals surface area contributed by atoms with Gasteiger partial charge in [-0.3, -0.25) is 9.78 Å². The molecule has 1 aromatic heterocycles. The second-order valence-electron chi connectivity index (χ2n) is 3.42. The minimum atomic E-state index is -0.294. The molecule has 1 heterocycles. The fourth-order valence-electron chi connectivity index (χ4n) is 1.43. The zero-order chi connectivity index (χ0) is 11.5. The van der Waals surface area contributed by atoms with Gasteiger partial charge < -0.3 is 4.74 Å². The maximum absolute atomic E-state index is 10.7. The maximum atomic E-state index is 10.7. The third-order valence-corrected chi connectivity index (χ3v) is 2.52. The number of nitrogens with zero attached hydrogens (tertiary/aromatic N) is 1. The van der Waals surface area contributed by atoms with E-state index >= 15 is 0 Å². The van der Waals surface area contributed by atoms with Crippen LogP contribution in [0.5, 0.6) is 0 Å². The van der Waals surface area contributed by atoms with Gasteiger partial charge >= 0.3 is 5.97 Å². The lowest BCUT2D eigenvalue weighted by Crippen LogP contribution is -1.98. The van der Waals surface area contributed by atoms with Crippen LogP contribution in [0, 0.1) is 0 Å². The van der Waals surface area contributed by atoms with E-state index in [1.165, 1.54) is 6.92 Å². The molecule has 0 aliphatic rings. The van der Waals surface area contributed by atoms with Gasteiger partial charge in [-0.25, -0.2) is 0 Å². The molecule has 16 heavy (non-hydrogen) atoms. The fraction of sp³-hybridized carbons (Fsp3) is 0.167. The first kappa shape index (κ1) is 10.9. The second kappa shape index (κ2) is 4.49. The molecule has 0 fully saturated rings. The van der Waals surface area contributed by atoms with Crippen LogP contribution in [-0.2, 0) is 16.1 Å². The van der Waals surface area contributed by atoms with E-state index in [2.05, 4.69) is 4.98 Å². The van der Waals surface area contributed by atoms with Crippen molar-refractivity contribution in [3.8, 4) is 0 Å². The van der Waals surface area contributed by atoms with Crippen LogP contribution in [0.2, 0.25) is 5.02 Å². The Hall–Kier alpha value is -1.61. The molecule has 0 bridgehead atoms. The molecule has 0 saturated heterocycles. The van der Waals surface area contributed by atoms with E-state index in [-0.39, 0.29) is 12.6 Å². The zero-order valence-electron chi connectivity index (χ0n) is 8.74. The first-order valence-electron chi connectivity index (χ1n) is 4.83. The van der Waals surface area contributed by atoms with Crippen molar-refractivity contribution in [2.75, 3.05) is 0 Å². The van der Waals surface area contributed by atoms with Crippen LogP contribution in [0.4, 0.5) is 0 Å². The fourth-order valence-corrected chi connectivity index (χ4v) is 1.64. The second-order valence-corrected chi connectivity index (χ2v) is 3.83. The van der Waals surface area contributed by atoms with Crippen LogP contribution in [0.3, 0.4) is 0 Å². The highest BCUT2D eigenvalue weighted by Crippen LogP contribution is 2.22. The molecule has 82 valence electrons. The van der Waals surface area contributed by atoms with E-state index in [9.17, 15) is 4.79 Å². The summed E-state index contributed by atoms with van der Waals surface area (Å²) in [6.07, 6.45) is 1.66. The van der Waals surface area contributed by atoms with Crippen LogP contribution in [0.25, 0.3) is 10.9 Å². The molecule has 0 unspecified atom stereocenters. The zero-order valence-corrected chi connectivity index (χ0v) is 9.49. The van der Waals surface area contributed by atoms with Gasteiger partial charge in [-0.2, -0.15) is 0 Å². The number of hydrogen-bond acceptors (Lipinski definition) is 3. The van der Waals surface area contributed by atoms with Crippen LogP contribution in [-0.4, -0.2) is 11.0 Å². The Balaban J connectivity index is 2.35. The molecule has 0 aliphatic heterocycles. The van der Waals surface area contributed by atoms with Crippen LogP contribution < -0.4 is 0 Å². The Morgan fingerprint density at radius 3 is 3.00 bits per heavy atom. The van der Waals surface area contributed by atoms with E-state index in [4.69, 9.17) is 16.3 Å². The van der Waals surface area contributed by atoms with Crippen molar-refractivity contribution in [3.63, 3.8) is 0 Å². The molecule has 0 atom stereocenters. The summed E-state index contributed by atoms with van der Waals surface area (Å²) in [6.45, 7) is 1.64. The van der Waals surface area contributed by atoms with Crippen molar-refractivity contribution in [1.82, 2.24) is 4.98 Å². The van der Waals surface area contributed by atoms with Gasteiger partial charge in [0.2, 0.25) is 0 Å². The predicted octanol–water partition coefficient (Wildman–Crippen LogP) is 2.95. The molecule has 1 aromatic carbocycles. The van der Waals surface area contributed by atoms with E-state index in [1.807, 2.05) is 18.2 Å². The average molecular weight is 236 g/mol. The molecular weight excluding hydrogens is 226 g/mol. The van der Waals surface area contributed by atoms with Gasteiger partial charge in [0.25, 0.3) is 0 Å². The van der Waals surface area contributed by atoms with Crippen molar-refractivity contribution in [1.29, 1.82) is 0 Å². The largest absolute Gasteiger partial charge is 0.461 e.